The number of fused-ring (bicyclic) bond motifs is 2. The number of rotatable bonds is 6. The number of hydrogen-bond acceptors (Lipinski definition) is 8. The normalized spacial score (nSPS) is 11.8. The van der Waals surface area contributed by atoms with Crippen molar-refractivity contribution in [1.29, 1.82) is 0 Å². The lowest BCUT2D eigenvalue weighted by Crippen LogP contribution is -2.45. The summed E-state index contributed by atoms with van der Waals surface area (Å²) in [5.74, 6) is -1.75. The monoisotopic (exact) mass is 445 g/mol. The van der Waals surface area contributed by atoms with E-state index in [9.17, 15) is 19.7 Å². The van der Waals surface area contributed by atoms with Gasteiger partial charge in [-0.05, 0) is 24.3 Å². The SMILES string of the molecule is N[C@@H](CO)C(=O)NC(=O)c1ccc(Nc2c3ccccc3nc3ccccc23)c([N+](=O)[O-])c1. The van der Waals surface area contributed by atoms with Crippen LogP contribution in [0.3, 0.4) is 0 Å². The van der Waals surface area contributed by atoms with Crippen LogP contribution in [0.15, 0.2) is 66.7 Å². The van der Waals surface area contributed by atoms with Crippen molar-refractivity contribution >= 4 is 50.7 Å². The molecule has 0 spiro atoms. The Morgan fingerprint density at radius 1 is 1.03 bits per heavy atom. The third-order valence-corrected chi connectivity index (χ3v) is 5.07. The number of nitro groups is 1. The third kappa shape index (κ3) is 4.33. The van der Waals surface area contributed by atoms with Crippen molar-refractivity contribution in [2.24, 2.45) is 5.73 Å². The second-order valence-corrected chi connectivity index (χ2v) is 7.24. The Morgan fingerprint density at radius 2 is 1.64 bits per heavy atom. The zero-order valence-electron chi connectivity index (χ0n) is 17.2. The molecule has 0 radical (unpaired) electrons. The first kappa shape index (κ1) is 21.8. The minimum atomic E-state index is -1.28. The summed E-state index contributed by atoms with van der Waals surface area (Å²) in [5.41, 5.74) is 7.17. The molecule has 166 valence electrons. The summed E-state index contributed by atoms with van der Waals surface area (Å²) < 4.78 is 0. The van der Waals surface area contributed by atoms with Crippen LogP contribution in [0.2, 0.25) is 0 Å². The second-order valence-electron chi connectivity index (χ2n) is 7.24. The fourth-order valence-corrected chi connectivity index (χ4v) is 3.40. The van der Waals surface area contributed by atoms with E-state index in [4.69, 9.17) is 10.8 Å². The van der Waals surface area contributed by atoms with E-state index in [2.05, 4.69) is 10.3 Å². The smallest absolute Gasteiger partial charge is 0.293 e. The number of aliphatic hydroxyl groups is 1. The summed E-state index contributed by atoms with van der Waals surface area (Å²) in [5, 5.41) is 27.4. The predicted octanol–water partition coefficient (Wildman–Crippen LogP) is 2.62. The molecule has 5 N–H and O–H groups in total. The molecule has 0 aliphatic heterocycles. The number of pyridine rings is 1. The highest BCUT2D eigenvalue weighted by molar-refractivity contribution is 6.10. The number of para-hydroxylation sites is 2. The number of nitrogens with one attached hydrogen (secondary N) is 2. The third-order valence-electron chi connectivity index (χ3n) is 5.07. The van der Waals surface area contributed by atoms with Crippen molar-refractivity contribution in [2.75, 3.05) is 11.9 Å². The van der Waals surface area contributed by atoms with E-state index in [0.717, 1.165) is 27.9 Å². The minimum Gasteiger partial charge on any atom is -0.394 e. The van der Waals surface area contributed by atoms with E-state index in [1.54, 1.807) is 0 Å². The summed E-state index contributed by atoms with van der Waals surface area (Å²) in [4.78, 5) is 39.9. The van der Waals surface area contributed by atoms with Gasteiger partial charge in [-0.3, -0.25) is 25.0 Å². The number of benzene rings is 3. The van der Waals surface area contributed by atoms with Crippen LogP contribution in [0.5, 0.6) is 0 Å². The number of aliphatic hydroxyl groups excluding tert-OH is 1. The molecule has 1 atom stereocenters. The zero-order chi connectivity index (χ0) is 23.5. The van der Waals surface area contributed by atoms with Crippen LogP contribution in [0.1, 0.15) is 10.4 Å². The molecule has 0 aliphatic rings. The van der Waals surface area contributed by atoms with Crippen molar-refractivity contribution in [3.05, 3.63) is 82.4 Å². The van der Waals surface area contributed by atoms with Crippen molar-refractivity contribution in [3.63, 3.8) is 0 Å². The van der Waals surface area contributed by atoms with E-state index in [1.807, 2.05) is 53.8 Å². The van der Waals surface area contributed by atoms with Crippen molar-refractivity contribution in [3.8, 4) is 0 Å². The molecule has 4 rings (SSSR count). The molecule has 0 aliphatic carbocycles. The Hall–Kier alpha value is -4.41. The van der Waals surface area contributed by atoms with Gasteiger partial charge in [-0.1, -0.05) is 36.4 Å². The first-order valence-corrected chi connectivity index (χ1v) is 9.93. The van der Waals surface area contributed by atoms with Gasteiger partial charge in [0, 0.05) is 22.4 Å². The summed E-state index contributed by atoms with van der Waals surface area (Å²) in [6.45, 7) is -0.643. The van der Waals surface area contributed by atoms with Crippen LogP contribution >= 0.6 is 0 Å². The lowest BCUT2D eigenvalue weighted by molar-refractivity contribution is -0.383. The molecular formula is C23H19N5O5. The standard InChI is InChI=1S/C23H19N5O5/c24-16(12-29)23(31)27-22(30)13-9-10-19(20(11-13)28(32)33)26-21-14-5-1-3-7-17(14)25-18-8-4-2-6-15(18)21/h1-11,16,29H,12,24H2,(H,25,26)(H,27,30,31)/t16-/m0/s1. The summed E-state index contributed by atoms with van der Waals surface area (Å²) >= 11 is 0. The topological polar surface area (TPSA) is 160 Å². The van der Waals surface area contributed by atoms with E-state index in [1.165, 1.54) is 12.1 Å². The van der Waals surface area contributed by atoms with Crippen molar-refractivity contribution in [1.82, 2.24) is 10.3 Å². The first-order chi connectivity index (χ1) is 15.9. The average Bonchev–Trinajstić information content (AvgIpc) is 2.83. The van der Waals surface area contributed by atoms with Gasteiger partial charge in [0.1, 0.15) is 11.7 Å². The van der Waals surface area contributed by atoms with Gasteiger partial charge in [-0.25, -0.2) is 4.98 Å². The fourth-order valence-electron chi connectivity index (χ4n) is 3.40. The molecular weight excluding hydrogens is 426 g/mol. The quantitative estimate of drug-likeness (QED) is 0.200. The number of amides is 2. The van der Waals surface area contributed by atoms with Gasteiger partial charge in [0.15, 0.2) is 0 Å². The van der Waals surface area contributed by atoms with Crippen molar-refractivity contribution in [2.45, 2.75) is 6.04 Å². The number of hydrogen-bond donors (Lipinski definition) is 4. The minimum absolute atomic E-state index is 0.102. The molecule has 3 aromatic carbocycles. The highest BCUT2D eigenvalue weighted by atomic mass is 16.6. The molecule has 0 fully saturated rings. The molecule has 2 amide bonds. The number of nitrogens with two attached hydrogens (primary N) is 1. The van der Waals surface area contributed by atoms with Gasteiger partial charge < -0.3 is 16.2 Å². The summed E-state index contributed by atoms with van der Waals surface area (Å²) in [6, 6.07) is 17.4. The van der Waals surface area contributed by atoms with Gasteiger partial charge in [0.25, 0.3) is 11.6 Å². The van der Waals surface area contributed by atoms with Gasteiger partial charge >= 0.3 is 0 Å². The Kier molecular flexibility index (Phi) is 5.94. The maximum absolute atomic E-state index is 12.3. The van der Waals surface area contributed by atoms with Gasteiger partial charge in [0.2, 0.25) is 5.91 Å². The molecule has 0 saturated heterocycles. The number of anilines is 2. The molecule has 10 heteroatoms. The molecule has 33 heavy (non-hydrogen) atoms. The van der Waals surface area contributed by atoms with E-state index < -0.39 is 29.4 Å². The van der Waals surface area contributed by atoms with Crippen LogP contribution in [0, 0.1) is 10.1 Å². The number of nitro benzene ring substituents is 1. The van der Waals surface area contributed by atoms with E-state index in [0.29, 0.717) is 5.69 Å². The summed E-state index contributed by atoms with van der Waals surface area (Å²) in [7, 11) is 0. The van der Waals surface area contributed by atoms with Gasteiger partial charge in [-0.2, -0.15) is 0 Å². The summed E-state index contributed by atoms with van der Waals surface area (Å²) in [6.07, 6.45) is 0. The second kappa shape index (κ2) is 8.99. The van der Waals surface area contributed by atoms with Crippen LogP contribution in [-0.2, 0) is 4.79 Å². The van der Waals surface area contributed by atoms with Gasteiger partial charge in [-0.15, -0.1) is 0 Å². The van der Waals surface area contributed by atoms with Crippen LogP contribution < -0.4 is 16.4 Å². The average molecular weight is 445 g/mol. The molecule has 1 aromatic heterocycles. The van der Waals surface area contributed by atoms with Crippen LogP contribution in [-0.4, -0.2) is 39.5 Å². The number of imide groups is 1. The molecule has 0 saturated carbocycles. The number of carbonyl (C=O) groups excluding carboxylic acids is 2. The Balaban J connectivity index is 1.76. The highest BCUT2D eigenvalue weighted by Crippen LogP contribution is 2.36. The van der Waals surface area contributed by atoms with E-state index in [-0.39, 0.29) is 16.9 Å². The first-order valence-electron chi connectivity index (χ1n) is 9.93. The maximum Gasteiger partial charge on any atom is 0.293 e. The Labute approximate surface area is 187 Å². The number of aromatic nitrogens is 1. The lowest BCUT2D eigenvalue weighted by atomic mass is 10.1. The lowest BCUT2D eigenvalue weighted by Gasteiger charge is -2.14. The van der Waals surface area contributed by atoms with E-state index >= 15 is 0 Å². The Morgan fingerprint density at radius 3 is 2.21 bits per heavy atom. The van der Waals surface area contributed by atoms with Gasteiger partial charge in [0.05, 0.1) is 28.3 Å². The Bertz CT molecular complexity index is 1350. The molecule has 0 unspecified atom stereocenters. The number of nitrogens with zero attached hydrogens (tertiary/aromatic N) is 2. The van der Waals surface area contributed by atoms with Crippen LogP contribution in [0.25, 0.3) is 21.8 Å². The van der Waals surface area contributed by atoms with Crippen LogP contribution in [0.4, 0.5) is 17.1 Å². The number of carbonyl (C=O) groups is 2. The van der Waals surface area contributed by atoms with Crippen molar-refractivity contribution < 1.29 is 19.6 Å². The largest absolute Gasteiger partial charge is 0.394 e. The predicted molar refractivity (Wildman–Crippen MR) is 123 cm³/mol. The molecule has 4 aromatic rings. The fraction of sp³-hybridized carbons (Fsp3) is 0.0870. The highest BCUT2D eigenvalue weighted by Gasteiger charge is 2.22. The maximum atomic E-state index is 12.3. The molecule has 1 heterocycles. The molecule has 10 nitrogen and oxygen atoms in total. The zero-order valence-corrected chi connectivity index (χ0v) is 17.2. The molecule has 0 bridgehead atoms.